The number of methoxy groups -OCH3 is 3. The van der Waals surface area contributed by atoms with Crippen molar-refractivity contribution in [1.29, 1.82) is 0 Å². The van der Waals surface area contributed by atoms with E-state index in [1.807, 2.05) is 0 Å². The summed E-state index contributed by atoms with van der Waals surface area (Å²) in [6.45, 7) is 0. The van der Waals surface area contributed by atoms with Crippen molar-refractivity contribution in [2.45, 2.75) is 50.9 Å². The van der Waals surface area contributed by atoms with Crippen LogP contribution in [0.4, 0.5) is 0 Å². The zero-order valence-electron chi connectivity index (χ0n) is 16.3. The predicted octanol–water partition coefficient (Wildman–Crippen LogP) is 4.49. The van der Waals surface area contributed by atoms with Gasteiger partial charge in [0, 0.05) is 11.5 Å². The van der Waals surface area contributed by atoms with Crippen LogP contribution in [0.25, 0.3) is 0 Å². The van der Waals surface area contributed by atoms with Crippen molar-refractivity contribution in [3.63, 3.8) is 0 Å². The van der Waals surface area contributed by atoms with Crippen molar-refractivity contribution in [3.05, 3.63) is 35.4 Å². The normalized spacial score (nSPS) is 15.7. The summed E-state index contributed by atoms with van der Waals surface area (Å²) in [6, 6.07) is 3.33. The van der Waals surface area contributed by atoms with Gasteiger partial charge in [0.05, 0.1) is 27.5 Å². The molecule has 27 heavy (non-hydrogen) atoms. The number of hydrogen-bond donors (Lipinski definition) is 1. The van der Waals surface area contributed by atoms with Crippen LogP contribution >= 0.6 is 0 Å². The Balaban J connectivity index is 1.85. The zero-order chi connectivity index (χ0) is 19.2. The highest BCUT2D eigenvalue weighted by Gasteiger charge is 2.22. The van der Waals surface area contributed by atoms with Crippen LogP contribution in [0.15, 0.2) is 18.3 Å². The highest BCUT2D eigenvalue weighted by Crippen LogP contribution is 2.38. The number of carbonyl (C=O) groups excluding carboxylic acids is 1. The first-order valence-electron chi connectivity index (χ1n) is 9.57. The topological polar surface area (TPSA) is 73.4 Å². The molecule has 1 saturated carbocycles. The second-order valence-corrected chi connectivity index (χ2v) is 6.97. The standard InChI is InChI=1S/C21H28N2O4/c1-25-17-11-15(12-18(26-2)20(17)27-3)19(24)16-13-22-21(23-16)14-9-7-5-4-6-8-10-14/h11-14H,4-10H2,1-3H3,(H,22,23). The van der Waals surface area contributed by atoms with Crippen LogP contribution in [0.2, 0.25) is 0 Å². The first kappa shape index (κ1) is 19.3. The molecule has 1 aliphatic rings. The average molecular weight is 372 g/mol. The average Bonchev–Trinajstić information content (AvgIpc) is 3.15. The fourth-order valence-electron chi connectivity index (χ4n) is 3.76. The van der Waals surface area contributed by atoms with E-state index in [0.717, 1.165) is 18.7 Å². The van der Waals surface area contributed by atoms with E-state index in [1.165, 1.54) is 53.4 Å². The number of ether oxygens (including phenoxy) is 3. The van der Waals surface area contributed by atoms with Gasteiger partial charge in [-0.25, -0.2) is 4.98 Å². The van der Waals surface area contributed by atoms with Crippen LogP contribution in [0.1, 0.15) is 72.7 Å². The number of aromatic nitrogens is 2. The summed E-state index contributed by atoms with van der Waals surface area (Å²) >= 11 is 0. The van der Waals surface area contributed by atoms with Crippen molar-refractivity contribution < 1.29 is 19.0 Å². The highest BCUT2D eigenvalue weighted by atomic mass is 16.5. The molecule has 1 N–H and O–H groups in total. The maximum atomic E-state index is 13.0. The van der Waals surface area contributed by atoms with Gasteiger partial charge in [0.25, 0.3) is 0 Å². The van der Waals surface area contributed by atoms with E-state index >= 15 is 0 Å². The fraction of sp³-hybridized carbons (Fsp3) is 0.524. The molecule has 146 valence electrons. The van der Waals surface area contributed by atoms with Gasteiger partial charge in [-0.2, -0.15) is 0 Å². The Morgan fingerprint density at radius 2 is 1.56 bits per heavy atom. The molecule has 1 aromatic carbocycles. The van der Waals surface area contributed by atoms with Crippen molar-refractivity contribution in [3.8, 4) is 17.2 Å². The lowest BCUT2D eigenvalue weighted by atomic mass is 9.91. The minimum atomic E-state index is -0.140. The van der Waals surface area contributed by atoms with Gasteiger partial charge >= 0.3 is 0 Å². The molecule has 0 saturated heterocycles. The number of ketones is 1. The third kappa shape index (κ3) is 4.26. The lowest BCUT2D eigenvalue weighted by Gasteiger charge is -2.17. The number of carbonyl (C=O) groups is 1. The van der Waals surface area contributed by atoms with Crippen LogP contribution in [-0.2, 0) is 0 Å². The van der Waals surface area contributed by atoms with E-state index in [2.05, 4.69) is 9.97 Å². The van der Waals surface area contributed by atoms with E-state index in [0.29, 0.717) is 34.4 Å². The Hall–Kier alpha value is -2.50. The predicted molar refractivity (Wildman–Crippen MR) is 103 cm³/mol. The van der Waals surface area contributed by atoms with E-state index in [1.54, 1.807) is 18.3 Å². The Bertz CT molecular complexity index is 751. The minimum absolute atomic E-state index is 0.140. The molecular weight excluding hydrogens is 344 g/mol. The molecule has 0 atom stereocenters. The molecule has 6 heteroatoms. The van der Waals surface area contributed by atoms with Crippen molar-refractivity contribution in [1.82, 2.24) is 9.97 Å². The van der Waals surface area contributed by atoms with Crippen LogP contribution in [-0.4, -0.2) is 37.1 Å². The number of hydrogen-bond acceptors (Lipinski definition) is 5. The third-order valence-corrected chi connectivity index (χ3v) is 5.26. The van der Waals surface area contributed by atoms with Crippen LogP contribution in [0, 0.1) is 0 Å². The van der Waals surface area contributed by atoms with E-state index in [9.17, 15) is 4.79 Å². The smallest absolute Gasteiger partial charge is 0.211 e. The summed E-state index contributed by atoms with van der Waals surface area (Å²) < 4.78 is 16.0. The van der Waals surface area contributed by atoms with Crippen molar-refractivity contribution in [2.24, 2.45) is 0 Å². The summed E-state index contributed by atoms with van der Waals surface area (Å²) in [4.78, 5) is 20.8. The monoisotopic (exact) mass is 372 g/mol. The van der Waals surface area contributed by atoms with E-state index in [-0.39, 0.29) is 5.78 Å². The Labute approximate surface area is 160 Å². The molecule has 0 bridgehead atoms. The summed E-state index contributed by atoms with van der Waals surface area (Å²) in [6.07, 6.45) is 10.2. The van der Waals surface area contributed by atoms with Gasteiger partial charge in [-0.1, -0.05) is 32.1 Å². The molecule has 0 unspecified atom stereocenters. The molecule has 2 aromatic rings. The number of benzene rings is 1. The second-order valence-electron chi connectivity index (χ2n) is 6.97. The summed E-state index contributed by atoms with van der Waals surface area (Å²) in [7, 11) is 4.61. The second kappa shape index (κ2) is 8.93. The van der Waals surface area contributed by atoms with E-state index < -0.39 is 0 Å². The first-order valence-corrected chi connectivity index (χ1v) is 9.57. The molecule has 1 aliphatic carbocycles. The number of nitrogens with one attached hydrogen (secondary N) is 1. The quantitative estimate of drug-likeness (QED) is 0.756. The number of nitrogens with zero attached hydrogens (tertiary/aromatic N) is 1. The lowest BCUT2D eigenvalue weighted by Crippen LogP contribution is -2.07. The van der Waals surface area contributed by atoms with Crippen LogP contribution in [0.5, 0.6) is 17.2 Å². The van der Waals surface area contributed by atoms with Gasteiger partial charge in [0.1, 0.15) is 11.5 Å². The summed E-state index contributed by atoms with van der Waals surface area (Å²) in [5, 5.41) is 0. The molecule has 1 aromatic heterocycles. The molecule has 1 heterocycles. The van der Waals surface area contributed by atoms with E-state index in [4.69, 9.17) is 14.2 Å². The molecular formula is C21H28N2O4. The zero-order valence-corrected chi connectivity index (χ0v) is 16.3. The van der Waals surface area contributed by atoms with Crippen LogP contribution in [0.3, 0.4) is 0 Å². The van der Waals surface area contributed by atoms with Gasteiger partial charge < -0.3 is 19.2 Å². The largest absolute Gasteiger partial charge is 0.493 e. The van der Waals surface area contributed by atoms with Gasteiger partial charge in [-0.15, -0.1) is 0 Å². The van der Waals surface area contributed by atoms with Gasteiger partial charge in [-0.05, 0) is 25.0 Å². The first-order chi connectivity index (χ1) is 13.2. The van der Waals surface area contributed by atoms with Gasteiger partial charge in [-0.3, -0.25) is 4.79 Å². The van der Waals surface area contributed by atoms with Crippen molar-refractivity contribution in [2.75, 3.05) is 21.3 Å². The number of imidazole rings is 1. The van der Waals surface area contributed by atoms with Crippen LogP contribution < -0.4 is 14.2 Å². The molecule has 0 aliphatic heterocycles. The van der Waals surface area contributed by atoms with Gasteiger partial charge in [0.2, 0.25) is 11.5 Å². The maximum Gasteiger partial charge on any atom is 0.211 e. The Morgan fingerprint density at radius 3 is 2.11 bits per heavy atom. The Kier molecular flexibility index (Phi) is 6.37. The number of rotatable bonds is 6. The van der Waals surface area contributed by atoms with Gasteiger partial charge in [0.15, 0.2) is 11.5 Å². The number of aromatic amines is 1. The highest BCUT2D eigenvalue weighted by molar-refractivity contribution is 6.08. The minimum Gasteiger partial charge on any atom is -0.493 e. The summed E-state index contributed by atoms with van der Waals surface area (Å²) in [5.41, 5.74) is 0.957. The summed E-state index contributed by atoms with van der Waals surface area (Å²) in [5.74, 6) is 2.58. The fourth-order valence-corrected chi connectivity index (χ4v) is 3.76. The molecule has 0 spiro atoms. The third-order valence-electron chi connectivity index (χ3n) is 5.26. The SMILES string of the molecule is COc1cc(C(=O)c2cnc(C3CCCCCCC3)[nH]2)cc(OC)c1OC. The lowest BCUT2D eigenvalue weighted by molar-refractivity contribution is 0.103. The molecule has 3 rings (SSSR count). The molecule has 0 amide bonds. The molecule has 1 fully saturated rings. The number of H-pyrrole nitrogens is 1. The van der Waals surface area contributed by atoms with Crippen molar-refractivity contribution >= 4 is 5.78 Å². The molecule has 6 nitrogen and oxygen atoms in total. The Morgan fingerprint density at radius 1 is 0.963 bits per heavy atom. The molecule has 0 radical (unpaired) electrons. The maximum absolute atomic E-state index is 13.0.